The Labute approximate surface area is 145 Å². The summed E-state index contributed by atoms with van der Waals surface area (Å²) in [6.45, 7) is 3.40. The van der Waals surface area contributed by atoms with Crippen molar-refractivity contribution in [3.63, 3.8) is 0 Å². The number of nitrogens with zero attached hydrogens (tertiary/aromatic N) is 5. The zero-order valence-corrected chi connectivity index (χ0v) is 14.6. The minimum absolute atomic E-state index is 0.0677. The number of rotatable bonds is 3. The minimum Gasteiger partial charge on any atom is -0.392 e. The van der Waals surface area contributed by atoms with Crippen LogP contribution in [0, 0.1) is 0 Å². The van der Waals surface area contributed by atoms with Crippen LogP contribution in [-0.4, -0.2) is 47.9 Å². The van der Waals surface area contributed by atoms with Gasteiger partial charge in [-0.25, -0.2) is 0 Å². The molecule has 7 nitrogen and oxygen atoms in total. The van der Waals surface area contributed by atoms with E-state index < -0.39 is 0 Å². The van der Waals surface area contributed by atoms with Crippen molar-refractivity contribution < 1.29 is 5.11 Å². The van der Waals surface area contributed by atoms with E-state index in [1.165, 1.54) is 0 Å². The van der Waals surface area contributed by atoms with Crippen LogP contribution >= 0.6 is 0 Å². The van der Waals surface area contributed by atoms with Gasteiger partial charge in [0.15, 0.2) is 5.82 Å². The van der Waals surface area contributed by atoms with Crippen LogP contribution in [0.1, 0.15) is 32.0 Å². The monoisotopic (exact) mass is 341 g/mol. The van der Waals surface area contributed by atoms with Crippen LogP contribution in [-0.2, 0) is 13.6 Å². The second kappa shape index (κ2) is 6.24. The van der Waals surface area contributed by atoms with Crippen molar-refractivity contribution in [3.05, 3.63) is 40.4 Å². The molecule has 25 heavy (non-hydrogen) atoms. The Morgan fingerprint density at radius 2 is 2.08 bits per heavy atom. The largest absolute Gasteiger partial charge is 0.392 e. The van der Waals surface area contributed by atoms with Crippen LogP contribution in [0.25, 0.3) is 16.7 Å². The van der Waals surface area contributed by atoms with Crippen molar-refractivity contribution in [2.75, 3.05) is 6.54 Å². The van der Waals surface area contributed by atoms with E-state index in [2.05, 4.69) is 15.1 Å². The lowest BCUT2D eigenvalue weighted by atomic mass is 9.98. The number of piperidine rings is 1. The fraction of sp³-hybridized carbons (Fsp3) is 0.500. The number of aromatic nitrogens is 4. The third-order valence-corrected chi connectivity index (χ3v) is 5.26. The molecule has 1 fully saturated rings. The number of aliphatic hydroxyl groups excluding tert-OH is 1. The lowest BCUT2D eigenvalue weighted by molar-refractivity contribution is 0.0301. The van der Waals surface area contributed by atoms with E-state index >= 15 is 0 Å². The van der Waals surface area contributed by atoms with Crippen LogP contribution in [0.2, 0.25) is 0 Å². The summed E-state index contributed by atoms with van der Waals surface area (Å²) in [4.78, 5) is 14.8. The normalized spacial score (nSPS) is 20.4. The zero-order valence-electron chi connectivity index (χ0n) is 14.6. The Kier molecular flexibility index (Phi) is 4.05. The fourth-order valence-electron chi connectivity index (χ4n) is 3.94. The topological polar surface area (TPSA) is 75.7 Å². The lowest BCUT2D eigenvalue weighted by Crippen LogP contribution is -2.45. The Morgan fingerprint density at radius 1 is 1.28 bits per heavy atom. The maximum Gasteiger partial charge on any atom is 0.262 e. The second-order valence-corrected chi connectivity index (χ2v) is 6.91. The van der Waals surface area contributed by atoms with E-state index in [0.29, 0.717) is 17.7 Å². The second-order valence-electron chi connectivity index (χ2n) is 6.91. The van der Waals surface area contributed by atoms with E-state index in [0.717, 1.165) is 37.1 Å². The number of benzene rings is 1. The van der Waals surface area contributed by atoms with E-state index in [9.17, 15) is 9.90 Å². The van der Waals surface area contributed by atoms with Crippen molar-refractivity contribution in [2.24, 2.45) is 7.05 Å². The molecule has 1 aliphatic rings. The fourth-order valence-corrected chi connectivity index (χ4v) is 3.94. The van der Waals surface area contributed by atoms with Gasteiger partial charge in [-0.05, 0) is 38.4 Å². The van der Waals surface area contributed by atoms with Crippen molar-refractivity contribution in [1.29, 1.82) is 0 Å². The zero-order chi connectivity index (χ0) is 17.6. The number of likely N-dealkylation sites (tertiary alicyclic amines) is 1. The van der Waals surface area contributed by atoms with Crippen LogP contribution in [0.4, 0.5) is 0 Å². The highest BCUT2D eigenvalue weighted by Gasteiger charge is 2.28. The molecule has 0 bridgehead atoms. The summed E-state index contributed by atoms with van der Waals surface area (Å²) in [7, 11) is 1.72. The van der Waals surface area contributed by atoms with Gasteiger partial charge < -0.3 is 5.11 Å². The standard InChI is InChI=1S/C18H23N5O2/c1-12(24)14-8-5-6-10-22(14)11-16-19-20-18-21(2)17(25)13-7-3-4-9-15(13)23(16)18/h3-4,7,9,12,14,24H,5-6,8,10-11H2,1-2H3. The summed E-state index contributed by atoms with van der Waals surface area (Å²) in [6, 6.07) is 7.69. The Balaban J connectivity index is 1.85. The highest BCUT2D eigenvalue weighted by Crippen LogP contribution is 2.23. The molecule has 3 aromatic rings. The SMILES string of the molecule is CC(O)C1CCCCN1Cc1nnc2n(C)c(=O)c3ccccc3n12. The van der Waals surface area contributed by atoms with E-state index in [1.54, 1.807) is 11.6 Å². The predicted molar refractivity (Wildman–Crippen MR) is 95.5 cm³/mol. The summed E-state index contributed by atoms with van der Waals surface area (Å²) in [5.41, 5.74) is 0.757. The Morgan fingerprint density at radius 3 is 2.88 bits per heavy atom. The molecule has 1 aliphatic heterocycles. The maximum absolute atomic E-state index is 12.5. The van der Waals surface area contributed by atoms with Gasteiger partial charge in [-0.3, -0.25) is 18.7 Å². The van der Waals surface area contributed by atoms with Crippen molar-refractivity contribution in [2.45, 2.75) is 44.9 Å². The molecule has 1 N–H and O–H groups in total. The maximum atomic E-state index is 12.5. The minimum atomic E-state index is -0.374. The van der Waals surface area contributed by atoms with Crippen molar-refractivity contribution in [1.82, 2.24) is 24.1 Å². The van der Waals surface area contributed by atoms with Gasteiger partial charge in [0.25, 0.3) is 5.56 Å². The van der Waals surface area contributed by atoms with Gasteiger partial charge in [-0.2, -0.15) is 0 Å². The van der Waals surface area contributed by atoms with Gasteiger partial charge in [-0.1, -0.05) is 18.6 Å². The van der Waals surface area contributed by atoms with Gasteiger partial charge in [0.05, 0.1) is 23.6 Å². The molecule has 1 aromatic carbocycles. The Hall–Kier alpha value is -2.25. The summed E-state index contributed by atoms with van der Waals surface area (Å²) < 4.78 is 3.51. The first kappa shape index (κ1) is 16.2. The third-order valence-electron chi connectivity index (χ3n) is 5.26. The average Bonchev–Trinajstić information content (AvgIpc) is 3.04. The van der Waals surface area contributed by atoms with Gasteiger partial charge in [-0.15, -0.1) is 10.2 Å². The molecule has 1 saturated heterocycles. The van der Waals surface area contributed by atoms with Gasteiger partial charge in [0.2, 0.25) is 5.78 Å². The third kappa shape index (κ3) is 2.63. The van der Waals surface area contributed by atoms with Crippen LogP contribution < -0.4 is 5.56 Å². The van der Waals surface area contributed by atoms with Gasteiger partial charge in [0.1, 0.15) is 0 Å². The molecule has 0 aliphatic carbocycles. The number of aryl methyl sites for hydroxylation is 1. The molecule has 4 rings (SSSR count). The molecule has 7 heteroatoms. The quantitative estimate of drug-likeness (QED) is 0.777. The first-order valence-corrected chi connectivity index (χ1v) is 8.82. The first-order valence-electron chi connectivity index (χ1n) is 8.82. The number of aliphatic hydroxyl groups is 1. The smallest absolute Gasteiger partial charge is 0.262 e. The predicted octanol–water partition coefficient (Wildman–Crippen LogP) is 1.32. The molecule has 2 aromatic heterocycles. The van der Waals surface area contributed by atoms with Gasteiger partial charge >= 0.3 is 0 Å². The van der Waals surface area contributed by atoms with Gasteiger partial charge in [0, 0.05) is 13.1 Å². The molecule has 0 saturated carbocycles. The summed E-state index contributed by atoms with van der Waals surface area (Å²) in [6.07, 6.45) is 2.89. The highest BCUT2D eigenvalue weighted by molar-refractivity contribution is 5.80. The molecular weight excluding hydrogens is 318 g/mol. The molecule has 3 heterocycles. The molecule has 0 amide bonds. The van der Waals surface area contributed by atoms with Crippen LogP contribution in [0.15, 0.2) is 29.1 Å². The molecule has 2 unspecified atom stereocenters. The molecule has 0 spiro atoms. The summed E-state index contributed by atoms with van der Waals surface area (Å²) in [5, 5.41) is 19.4. The van der Waals surface area contributed by atoms with E-state index in [4.69, 9.17) is 0 Å². The van der Waals surface area contributed by atoms with Crippen molar-refractivity contribution >= 4 is 16.7 Å². The number of para-hydroxylation sites is 1. The first-order chi connectivity index (χ1) is 12.1. The number of fused-ring (bicyclic) bond motifs is 3. The molecule has 132 valence electrons. The van der Waals surface area contributed by atoms with E-state index in [-0.39, 0.29) is 17.7 Å². The summed E-state index contributed by atoms with van der Waals surface area (Å²) >= 11 is 0. The average molecular weight is 341 g/mol. The summed E-state index contributed by atoms with van der Waals surface area (Å²) in [5.74, 6) is 1.35. The highest BCUT2D eigenvalue weighted by atomic mass is 16.3. The van der Waals surface area contributed by atoms with Crippen LogP contribution in [0.5, 0.6) is 0 Å². The Bertz CT molecular complexity index is 975. The number of hydrogen-bond donors (Lipinski definition) is 1. The van der Waals surface area contributed by atoms with Crippen molar-refractivity contribution in [3.8, 4) is 0 Å². The lowest BCUT2D eigenvalue weighted by Gasteiger charge is -2.36. The molecule has 2 atom stereocenters. The molecular formula is C18H23N5O2. The molecule has 0 radical (unpaired) electrons. The van der Waals surface area contributed by atoms with E-state index in [1.807, 2.05) is 35.6 Å². The number of hydrogen-bond acceptors (Lipinski definition) is 5. The van der Waals surface area contributed by atoms with Crippen LogP contribution in [0.3, 0.4) is 0 Å².